The molecule has 1 amide bonds. The first kappa shape index (κ1) is 17.1. The quantitative estimate of drug-likeness (QED) is 0.554. The van der Waals surface area contributed by atoms with Crippen molar-refractivity contribution in [1.82, 2.24) is 9.97 Å². The summed E-state index contributed by atoms with van der Waals surface area (Å²) in [5.74, 6) is 0.180. The van der Waals surface area contributed by atoms with Gasteiger partial charge >= 0.3 is 0 Å². The lowest BCUT2D eigenvalue weighted by atomic mass is 10.2. The molecule has 0 aliphatic heterocycles. The number of H-pyrrole nitrogens is 1. The summed E-state index contributed by atoms with van der Waals surface area (Å²) >= 11 is 10.6. The monoisotopic (exact) mass is 421 g/mol. The lowest BCUT2D eigenvalue weighted by Crippen LogP contribution is -2.13. The molecule has 1 aromatic heterocycles. The minimum atomic E-state index is -0.0936. The van der Waals surface area contributed by atoms with Crippen LogP contribution in [0.15, 0.2) is 64.4 Å². The maximum absolute atomic E-state index is 12.0. The molecular formula is C17H13BrClN3OS. The van der Waals surface area contributed by atoms with E-state index in [0.29, 0.717) is 10.2 Å². The molecule has 0 fully saturated rings. The van der Waals surface area contributed by atoms with E-state index in [0.717, 1.165) is 21.4 Å². The maximum Gasteiger partial charge on any atom is 0.234 e. The van der Waals surface area contributed by atoms with Crippen molar-refractivity contribution in [3.05, 3.63) is 64.2 Å². The number of anilines is 1. The van der Waals surface area contributed by atoms with Crippen molar-refractivity contribution in [1.29, 1.82) is 0 Å². The van der Waals surface area contributed by atoms with Crippen LogP contribution in [0.2, 0.25) is 5.02 Å². The summed E-state index contributed by atoms with van der Waals surface area (Å²) in [6.07, 6.45) is 1.77. The molecule has 24 heavy (non-hydrogen) atoms. The molecule has 0 saturated carbocycles. The molecule has 3 rings (SSSR count). The molecule has 3 aromatic rings. The van der Waals surface area contributed by atoms with Gasteiger partial charge in [-0.25, -0.2) is 4.98 Å². The third-order valence-corrected chi connectivity index (χ3v) is 4.84. The number of nitrogens with zero attached hydrogens (tertiary/aromatic N) is 1. The molecule has 4 nitrogen and oxygen atoms in total. The topological polar surface area (TPSA) is 57.8 Å². The van der Waals surface area contributed by atoms with Gasteiger partial charge in [-0.2, -0.15) is 0 Å². The second-order valence-electron chi connectivity index (χ2n) is 4.95. The van der Waals surface area contributed by atoms with Crippen LogP contribution < -0.4 is 5.32 Å². The van der Waals surface area contributed by atoms with Gasteiger partial charge in [-0.05, 0) is 42.0 Å². The van der Waals surface area contributed by atoms with Crippen LogP contribution in [0, 0.1) is 0 Å². The molecule has 2 aromatic carbocycles. The van der Waals surface area contributed by atoms with Crippen molar-refractivity contribution in [2.24, 2.45) is 0 Å². The first-order chi connectivity index (χ1) is 11.6. The number of nitrogens with one attached hydrogen (secondary N) is 2. The molecular weight excluding hydrogens is 410 g/mol. The fraction of sp³-hybridized carbons (Fsp3) is 0.0588. The van der Waals surface area contributed by atoms with Gasteiger partial charge in [0.1, 0.15) is 0 Å². The zero-order chi connectivity index (χ0) is 16.9. The average molecular weight is 423 g/mol. The minimum Gasteiger partial charge on any atom is -0.333 e. The van der Waals surface area contributed by atoms with Gasteiger partial charge < -0.3 is 10.3 Å². The van der Waals surface area contributed by atoms with Crippen molar-refractivity contribution >= 4 is 50.9 Å². The van der Waals surface area contributed by atoms with E-state index in [9.17, 15) is 4.79 Å². The minimum absolute atomic E-state index is 0.0936. The van der Waals surface area contributed by atoms with E-state index in [2.05, 4.69) is 31.2 Å². The Kier molecular flexibility index (Phi) is 5.60. The van der Waals surface area contributed by atoms with Crippen LogP contribution >= 0.6 is 39.3 Å². The Morgan fingerprint density at radius 3 is 2.58 bits per heavy atom. The van der Waals surface area contributed by atoms with Crippen molar-refractivity contribution in [2.75, 3.05) is 11.1 Å². The van der Waals surface area contributed by atoms with Crippen LogP contribution in [-0.4, -0.2) is 21.6 Å². The normalized spacial score (nSPS) is 10.6. The number of thioether (sulfide) groups is 1. The van der Waals surface area contributed by atoms with Gasteiger partial charge in [0.05, 0.1) is 17.6 Å². The molecule has 7 heteroatoms. The molecule has 1 heterocycles. The van der Waals surface area contributed by atoms with Gasteiger partial charge in [-0.1, -0.05) is 51.4 Å². The van der Waals surface area contributed by atoms with Gasteiger partial charge in [-0.15, -0.1) is 0 Å². The van der Waals surface area contributed by atoms with Crippen LogP contribution in [0.4, 0.5) is 5.69 Å². The number of benzene rings is 2. The fourth-order valence-corrected chi connectivity index (χ4v) is 3.06. The number of hydrogen-bond donors (Lipinski definition) is 2. The van der Waals surface area contributed by atoms with Gasteiger partial charge in [0.2, 0.25) is 5.91 Å². The Morgan fingerprint density at radius 1 is 1.17 bits per heavy atom. The Bertz CT molecular complexity index is 834. The molecule has 0 aliphatic rings. The highest BCUT2D eigenvalue weighted by Gasteiger charge is 2.08. The highest BCUT2D eigenvalue weighted by atomic mass is 79.9. The van der Waals surface area contributed by atoms with Crippen LogP contribution in [-0.2, 0) is 4.79 Å². The standard InChI is InChI=1S/C17H13BrClN3OS/c18-12-3-1-11(2-4-12)15-9-20-17(22-15)24-10-16(23)21-14-7-5-13(19)6-8-14/h1-9H,10H2,(H,20,22)(H,21,23). The zero-order valence-electron chi connectivity index (χ0n) is 12.4. The Balaban J connectivity index is 1.56. The first-order valence-corrected chi connectivity index (χ1v) is 9.25. The summed E-state index contributed by atoms with van der Waals surface area (Å²) in [6, 6.07) is 15.0. The molecule has 0 atom stereocenters. The van der Waals surface area contributed by atoms with E-state index in [1.165, 1.54) is 11.8 Å². The summed E-state index contributed by atoms with van der Waals surface area (Å²) < 4.78 is 1.03. The molecule has 0 aliphatic carbocycles. The van der Waals surface area contributed by atoms with E-state index < -0.39 is 0 Å². The second kappa shape index (κ2) is 7.88. The van der Waals surface area contributed by atoms with Crippen LogP contribution in [0.25, 0.3) is 11.3 Å². The number of aromatic amines is 1. The van der Waals surface area contributed by atoms with Crippen molar-refractivity contribution in [3.63, 3.8) is 0 Å². The smallest absolute Gasteiger partial charge is 0.234 e. The van der Waals surface area contributed by atoms with Crippen LogP contribution in [0.3, 0.4) is 0 Å². The van der Waals surface area contributed by atoms with Crippen molar-refractivity contribution in [3.8, 4) is 11.3 Å². The van der Waals surface area contributed by atoms with E-state index in [4.69, 9.17) is 11.6 Å². The van der Waals surface area contributed by atoms with Gasteiger partial charge in [0, 0.05) is 15.2 Å². The zero-order valence-corrected chi connectivity index (χ0v) is 15.6. The number of halogens is 2. The Morgan fingerprint density at radius 2 is 1.88 bits per heavy atom. The van der Waals surface area contributed by atoms with Crippen LogP contribution in [0.5, 0.6) is 0 Å². The molecule has 0 saturated heterocycles. The van der Waals surface area contributed by atoms with Crippen LogP contribution in [0.1, 0.15) is 0 Å². The summed E-state index contributed by atoms with van der Waals surface area (Å²) in [4.78, 5) is 19.5. The highest BCUT2D eigenvalue weighted by molar-refractivity contribution is 9.10. The van der Waals surface area contributed by atoms with Crippen molar-refractivity contribution < 1.29 is 4.79 Å². The number of imidazole rings is 1. The molecule has 0 radical (unpaired) electrons. The first-order valence-electron chi connectivity index (χ1n) is 7.09. The van der Waals surface area contributed by atoms with E-state index in [1.807, 2.05) is 24.3 Å². The summed E-state index contributed by atoms with van der Waals surface area (Å²) in [5.41, 5.74) is 2.69. The highest BCUT2D eigenvalue weighted by Crippen LogP contribution is 2.23. The predicted octanol–water partition coefficient (Wildman–Crippen LogP) is 5.22. The Labute approximate surface area is 157 Å². The number of hydrogen-bond acceptors (Lipinski definition) is 3. The fourth-order valence-electron chi connectivity index (χ4n) is 2.02. The third-order valence-electron chi connectivity index (χ3n) is 3.18. The average Bonchev–Trinajstić information content (AvgIpc) is 3.05. The predicted molar refractivity (Wildman–Crippen MR) is 103 cm³/mol. The second-order valence-corrected chi connectivity index (χ2v) is 7.27. The third kappa shape index (κ3) is 4.63. The number of aromatic nitrogens is 2. The number of carbonyl (C=O) groups is 1. The summed E-state index contributed by atoms with van der Waals surface area (Å²) in [5, 5.41) is 4.16. The van der Waals surface area contributed by atoms with E-state index >= 15 is 0 Å². The lowest BCUT2D eigenvalue weighted by molar-refractivity contribution is -0.113. The largest absolute Gasteiger partial charge is 0.333 e. The van der Waals surface area contributed by atoms with Crippen molar-refractivity contribution in [2.45, 2.75) is 5.16 Å². The molecule has 0 unspecified atom stereocenters. The Hall–Kier alpha value is -1.76. The number of amides is 1. The summed E-state index contributed by atoms with van der Waals surface area (Å²) in [6.45, 7) is 0. The SMILES string of the molecule is O=C(CSc1ncc(-c2ccc(Br)cc2)[nH]1)Nc1ccc(Cl)cc1. The van der Waals surface area contributed by atoms with E-state index in [1.54, 1.807) is 30.5 Å². The lowest BCUT2D eigenvalue weighted by Gasteiger charge is -2.04. The van der Waals surface area contributed by atoms with E-state index in [-0.39, 0.29) is 11.7 Å². The van der Waals surface area contributed by atoms with Gasteiger partial charge in [0.15, 0.2) is 5.16 Å². The van der Waals surface area contributed by atoms with Gasteiger partial charge in [0.25, 0.3) is 0 Å². The number of carbonyl (C=O) groups excluding carboxylic acids is 1. The molecule has 0 spiro atoms. The molecule has 2 N–H and O–H groups in total. The van der Waals surface area contributed by atoms with Gasteiger partial charge in [-0.3, -0.25) is 4.79 Å². The molecule has 0 bridgehead atoms. The maximum atomic E-state index is 12.0. The number of rotatable bonds is 5. The molecule has 122 valence electrons. The summed E-state index contributed by atoms with van der Waals surface area (Å²) in [7, 11) is 0.